The van der Waals surface area contributed by atoms with Gasteiger partial charge in [0.05, 0.1) is 6.42 Å². The van der Waals surface area contributed by atoms with Gasteiger partial charge in [0.25, 0.3) is 5.91 Å². The molecule has 6 nitrogen and oxygen atoms in total. The summed E-state index contributed by atoms with van der Waals surface area (Å²) in [6.45, 7) is 3.42. The molecule has 2 aromatic rings. The van der Waals surface area contributed by atoms with Crippen molar-refractivity contribution < 1.29 is 19.1 Å². The number of nitrogens with zero attached hydrogens (tertiary/aromatic N) is 1. The topological polar surface area (TPSA) is 67.9 Å². The van der Waals surface area contributed by atoms with Crippen molar-refractivity contribution >= 4 is 28.8 Å². The van der Waals surface area contributed by atoms with E-state index in [0.717, 1.165) is 16.9 Å². The van der Waals surface area contributed by atoms with E-state index in [1.165, 1.54) is 0 Å². The van der Waals surface area contributed by atoms with Gasteiger partial charge in [-0.3, -0.25) is 9.59 Å². The molecular formula is C20H24N2O4S. The van der Waals surface area contributed by atoms with Crippen LogP contribution in [0.15, 0.2) is 35.7 Å². The zero-order valence-electron chi connectivity index (χ0n) is 15.6. The van der Waals surface area contributed by atoms with Gasteiger partial charge in [0.15, 0.2) is 6.10 Å². The molecule has 0 saturated carbocycles. The van der Waals surface area contributed by atoms with Crippen LogP contribution in [0.25, 0.3) is 0 Å². The quantitative estimate of drug-likeness (QED) is 0.740. The Labute approximate surface area is 163 Å². The Bertz CT molecular complexity index is 791. The Balaban J connectivity index is 1.71. The smallest absolute Gasteiger partial charge is 0.263 e. The number of amides is 2. The van der Waals surface area contributed by atoms with Gasteiger partial charge in [-0.1, -0.05) is 6.07 Å². The molecule has 1 aromatic heterocycles. The fraction of sp³-hybridized carbons (Fsp3) is 0.400. The van der Waals surface area contributed by atoms with E-state index >= 15 is 0 Å². The summed E-state index contributed by atoms with van der Waals surface area (Å²) in [5.74, 6) is 0.584. The van der Waals surface area contributed by atoms with E-state index in [9.17, 15) is 9.59 Å². The number of ether oxygens (including phenoxy) is 2. The standard InChI is InChI=1S/C20H24N2O4S/c1-14-20(24)22(8-4-9-25-2)13-15-11-16(6-7-18(15)26-14)21-19(23)12-17-5-3-10-27-17/h3,5-7,10-11,14H,4,8-9,12-13H2,1-2H3,(H,21,23). The predicted octanol–water partition coefficient (Wildman–Crippen LogP) is 3.08. The fourth-order valence-corrected chi connectivity index (χ4v) is 3.75. The maximum Gasteiger partial charge on any atom is 0.263 e. The summed E-state index contributed by atoms with van der Waals surface area (Å²) in [4.78, 5) is 27.6. The molecule has 0 bridgehead atoms. The highest BCUT2D eigenvalue weighted by Crippen LogP contribution is 2.29. The number of rotatable bonds is 7. The largest absolute Gasteiger partial charge is 0.481 e. The zero-order valence-corrected chi connectivity index (χ0v) is 16.4. The summed E-state index contributed by atoms with van der Waals surface area (Å²) >= 11 is 1.56. The Morgan fingerprint density at radius 2 is 2.26 bits per heavy atom. The molecule has 2 amide bonds. The molecule has 7 heteroatoms. The molecule has 1 aliphatic heterocycles. The minimum Gasteiger partial charge on any atom is -0.481 e. The fourth-order valence-electron chi connectivity index (χ4n) is 3.04. The number of methoxy groups -OCH3 is 1. The van der Waals surface area contributed by atoms with Gasteiger partial charge in [-0.15, -0.1) is 11.3 Å². The van der Waals surface area contributed by atoms with Crippen LogP contribution < -0.4 is 10.1 Å². The Morgan fingerprint density at radius 3 is 3.00 bits per heavy atom. The van der Waals surface area contributed by atoms with E-state index in [1.54, 1.807) is 30.3 Å². The third-order valence-electron chi connectivity index (χ3n) is 4.36. The van der Waals surface area contributed by atoms with Crippen molar-refractivity contribution in [2.45, 2.75) is 32.4 Å². The lowest BCUT2D eigenvalue weighted by atomic mass is 10.1. The molecule has 2 heterocycles. The van der Waals surface area contributed by atoms with E-state index in [0.29, 0.717) is 37.6 Å². The SMILES string of the molecule is COCCCN1Cc2cc(NC(=O)Cc3cccs3)ccc2OC(C)C1=O. The third kappa shape index (κ3) is 5.08. The first-order valence-electron chi connectivity index (χ1n) is 8.96. The number of fused-ring (bicyclic) bond motifs is 1. The lowest BCUT2D eigenvalue weighted by Crippen LogP contribution is -2.38. The normalized spacial score (nSPS) is 16.4. The lowest BCUT2D eigenvalue weighted by molar-refractivity contribution is -0.137. The molecule has 0 aliphatic carbocycles. The summed E-state index contributed by atoms with van der Waals surface area (Å²) in [6, 6.07) is 9.39. The van der Waals surface area contributed by atoms with Crippen LogP contribution in [0.2, 0.25) is 0 Å². The second kappa shape index (κ2) is 9.01. The van der Waals surface area contributed by atoms with Crippen molar-refractivity contribution in [3.05, 3.63) is 46.2 Å². The molecule has 3 rings (SSSR count). The van der Waals surface area contributed by atoms with Gasteiger partial charge in [-0.2, -0.15) is 0 Å². The molecule has 27 heavy (non-hydrogen) atoms. The van der Waals surface area contributed by atoms with Crippen LogP contribution in [0.4, 0.5) is 5.69 Å². The van der Waals surface area contributed by atoms with Gasteiger partial charge < -0.3 is 19.7 Å². The molecule has 1 N–H and O–H groups in total. The summed E-state index contributed by atoms with van der Waals surface area (Å²) < 4.78 is 10.9. The summed E-state index contributed by atoms with van der Waals surface area (Å²) in [6.07, 6.45) is 0.582. The zero-order chi connectivity index (χ0) is 19.2. The summed E-state index contributed by atoms with van der Waals surface area (Å²) in [5, 5.41) is 4.89. The first-order valence-corrected chi connectivity index (χ1v) is 9.84. The molecule has 1 aromatic carbocycles. The number of thiophene rings is 1. The number of anilines is 1. The second-order valence-corrected chi connectivity index (χ2v) is 7.53. The third-order valence-corrected chi connectivity index (χ3v) is 5.24. The lowest BCUT2D eigenvalue weighted by Gasteiger charge is -2.22. The van der Waals surface area contributed by atoms with E-state index in [-0.39, 0.29) is 11.8 Å². The first kappa shape index (κ1) is 19.4. The number of hydrogen-bond acceptors (Lipinski definition) is 5. The van der Waals surface area contributed by atoms with Crippen molar-refractivity contribution in [1.29, 1.82) is 0 Å². The number of hydrogen-bond donors (Lipinski definition) is 1. The molecular weight excluding hydrogens is 364 g/mol. The molecule has 1 unspecified atom stereocenters. The van der Waals surface area contributed by atoms with Crippen molar-refractivity contribution in [3.8, 4) is 5.75 Å². The average Bonchev–Trinajstić information content (AvgIpc) is 3.11. The van der Waals surface area contributed by atoms with Gasteiger partial charge >= 0.3 is 0 Å². The van der Waals surface area contributed by atoms with Crippen LogP contribution in [0.3, 0.4) is 0 Å². The highest BCUT2D eigenvalue weighted by atomic mass is 32.1. The van der Waals surface area contributed by atoms with Crippen LogP contribution >= 0.6 is 11.3 Å². The molecule has 144 valence electrons. The van der Waals surface area contributed by atoms with Crippen molar-refractivity contribution in [2.75, 3.05) is 25.6 Å². The molecule has 0 saturated heterocycles. The van der Waals surface area contributed by atoms with Gasteiger partial charge in [-0.25, -0.2) is 0 Å². The summed E-state index contributed by atoms with van der Waals surface area (Å²) in [7, 11) is 1.65. The highest BCUT2D eigenvalue weighted by molar-refractivity contribution is 7.10. The molecule has 1 aliphatic rings. The van der Waals surface area contributed by atoms with E-state index in [4.69, 9.17) is 9.47 Å². The number of benzene rings is 1. The minimum atomic E-state index is -0.534. The Kier molecular flexibility index (Phi) is 6.47. The van der Waals surface area contributed by atoms with Crippen LogP contribution in [0.5, 0.6) is 5.75 Å². The number of carbonyl (C=O) groups excluding carboxylic acids is 2. The van der Waals surface area contributed by atoms with Crippen LogP contribution in [-0.4, -0.2) is 43.1 Å². The van der Waals surface area contributed by atoms with Gasteiger partial charge in [0.1, 0.15) is 5.75 Å². The van der Waals surface area contributed by atoms with Crippen LogP contribution in [0, 0.1) is 0 Å². The highest BCUT2D eigenvalue weighted by Gasteiger charge is 2.27. The number of carbonyl (C=O) groups is 2. The van der Waals surface area contributed by atoms with Crippen molar-refractivity contribution in [1.82, 2.24) is 4.90 Å². The van der Waals surface area contributed by atoms with Gasteiger partial charge in [0, 0.05) is 42.9 Å². The molecule has 0 radical (unpaired) electrons. The van der Waals surface area contributed by atoms with E-state index in [2.05, 4.69) is 5.32 Å². The average molecular weight is 388 g/mol. The van der Waals surface area contributed by atoms with Crippen molar-refractivity contribution in [3.63, 3.8) is 0 Å². The minimum absolute atomic E-state index is 0.0365. The second-order valence-electron chi connectivity index (χ2n) is 6.49. The number of nitrogens with one attached hydrogen (secondary N) is 1. The first-order chi connectivity index (χ1) is 13.1. The maximum atomic E-state index is 12.5. The monoisotopic (exact) mass is 388 g/mol. The van der Waals surface area contributed by atoms with Gasteiger partial charge in [-0.05, 0) is 43.0 Å². The van der Waals surface area contributed by atoms with E-state index < -0.39 is 6.10 Å². The van der Waals surface area contributed by atoms with Crippen molar-refractivity contribution in [2.24, 2.45) is 0 Å². The van der Waals surface area contributed by atoms with Crippen LogP contribution in [-0.2, 0) is 27.3 Å². The molecule has 0 spiro atoms. The summed E-state index contributed by atoms with van der Waals surface area (Å²) in [5.41, 5.74) is 1.59. The van der Waals surface area contributed by atoms with Crippen LogP contribution in [0.1, 0.15) is 23.8 Å². The maximum absolute atomic E-state index is 12.5. The Morgan fingerprint density at radius 1 is 1.41 bits per heavy atom. The van der Waals surface area contributed by atoms with E-state index in [1.807, 2.05) is 35.7 Å². The molecule has 1 atom stereocenters. The predicted molar refractivity (Wildman–Crippen MR) is 105 cm³/mol. The molecule has 0 fully saturated rings. The Hall–Kier alpha value is -2.38. The van der Waals surface area contributed by atoms with Gasteiger partial charge in [0.2, 0.25) is 5.91 Å².